The molecule has 3 fully saturated rings. The second-order valence-electron chi connectivity index (χ2n) is 9.62. The third kappa shape index (κ3) is 3.19. The van der Waals surface area contributed by atoms with Crippen LogP contribution < -0.4 is 10.1 Å². The Kier molecular flexibility index (Phi) is 4.64. The summed E-state index contributed by atoms with van der Waals surface area (Å²) >= 11 is 0. The summed E-state index contributed by atoms with van der Waals surface area (Å²) in [4.78, 5) is 42.1. The zero-order valence-electron chi connectivity index (χ0n) is 18.4. The number of allylic oxidation sites excluding steroid dienone is 2. The standard InChI is InChI=1S/C27H26N2O4/c1-33-17-9-7-16(8-10-17)28-25(30)22(13-15-5-3-2-4-6-15)29-26(31)23-18-11-12-19(21-14-20(18)21)24(23)27(29)32/h2-12,18-24H,13-14H2,1H3,(H,28,30)/t18-,19-,20-,21+,22-,23+,24+/m0/s1. The topological polar surface area (TPSA) is 75.7 Å². The number of methoxy groups -OCH3 is 1. The number of ether oxygens (including phenoxy) is 1. The Hall–Kier alpha value is -3.41. The summed E-state index contributed by atoms with van der Waals surface area (Å²) in [6.45, 7) is 0. The van der Waals surface area contributed by atoms with Crippen LogP contribution in [0.2, 0.25) is 0 Å². The van der Waals surface area contributed by atoms with Gasteiger partial charge in [-0.15, -0.1) is 0 Å². The number of carbonyl (C=O) groups is 3. The number of rotatable bonds is 6. The van der Waals surface area contributed by atoms with E-state index in [2.05, 4.69) is 17.5 Å². The second kappa shape index (κ2) is 7.58. The van der Waals surface area contributed by atoms with Crippen molar-refractivity contribution in [1.82, 2.24) is 4.90 Å². The Labute approximate surface area is 192 Å². The molecule has 6 heteroatoms. The van der Waals surface area contributed by atoms with Crippen LogP contribution in [0.15, 0.2) is 66.7 Å². The maximum Gasteiger partial charge on any atom is 0.248 e. The van der Waals surface area contributed by atoms with E-state index in [1.165, 1.54) is 4.90 Å². The van der Waals surface area contributed by atoms with Crippen molar-refractivity contribution >= 4 is 23.4 Å². The van der Waals surface area contributed by atoms with Gasteiger partial charge < -0.3 is 10.1 Å². The van der Waals surface area contributed by atoms with Crippen LogP contribution >= 0.6 is 0 Å². The number of hydrogen-bond donors (Lipinski definition) is 1. The number of hydrogen-bond acceptors (Lipinski definition) is 4. The smallest absolute Gasteiger partial charge is 0.248 e. The first-order valence-corrected chi connectivity index (χ1v) is 11.6. The number of imide groups is 1. The molecule has 1 aliphatic heterocycles. The molecule has 7 rings (SSSR count). The number of anilines is 1. The minimum atomic E-state index is -0.893. The molecular weight excluding hydrogens is 416 g/mol. The Morgan fingerprint density at radius 3 is 2.15 bits per heavy atom. The van der Waals surface area contributed by atoms with E-state index in [-0.39, 0.29) is 47.8 Å². The fourth-order valence-corrected chi connectivity index (χ4v) is 6.33. The van der Waals surface area contributed by atoms with Crippen molar-refractivity contribution in [3.05, 3.63) is 72.3 Å². The Balaban J connectivity index is 1.31. The number of benzene rings is 2. The third-order valence-corrected chi connectivity index (χ3v) is 7.94. The molecule has 2 aromatic carbocycles. The molecule has 0 spiro atoms. The van der Waals surface area contributed by atoms with E-state index in [0.717, 1.165) is 12.0 Å². The minimum Gasteiger partial charge on any atom is -0.497 e. The highest BCUT2D eigenvalue weighted by Crippen LogP contribution is 2.65. The van der Waals surface area contributed by atoms with Gasteiger partial charge in [0.05, 0.1) is 18.9 Å². The van der Waals surface area contributed by atoms with Gasteiger partial charge in [-0.25, -0.2) is 0 Å². The molecule has 2 aromatic rings. The van der Waals surface area contributed by atoms with Gasteiger partial charge in [0.2, 0.25) is 17.7 Å². The quantitative estimate of drug-likeness (QED) is 0.550. The molecular formula is C27H26N2O4. The van der Waals surface area contributed by atoms with Crippen LogP contribution in [-0.4, -0.2) is 35.8 Å². The van der Waals surface area contributed by atoms with Crippen molar-refractivity contribution in [3.63, 3.8) is 0 Å². The molecule has 0 radical (unpaired) electrons. The molecule has 4 aliphatic carbocycles. The molecule has 7 atom stereocenters. The van der Waals surface area contributed by atoms with Gasteiger partial charge in [-0.2, -0.15) is 0 Å². The average molecular weight is 443 g/mol. The highest BCUT2D eigenvalue weighted by atomic mass is 16.5. The number of carbonyl (C=O) groups excluding carboxylic acids is 3. The molecule has 33 heavy (non-hydrogen) atoms. The van der Waals surface area contributed by atoms with Gasteiger partial charge in [-0.3, -0.25) is 19.3 Å². The van der Waals surface area contributed by atoms with Crippen molar-refractivity contribution < 1.29 is 19.1 Å². The number of nitrogens with zero attached hydrogens (tertiary/aromatic N) is 1. The van der Waals surface area contributed by atoms with Gasteiger partial charge in [-0.1, -0.05) is 42.5 Å². The van der Waals surface area contributed by atoms with E-state index < -0.39 is 6.04 Å². The van der Waals surface area contributed by atoms with Gasteiger partial charge in [0, 0.05) is 12.1 Å². The summed E-state index contributed by atoms with van der Waals surface area (Å²) in [5.41, 5.74) is 1.50. The predicted octanol–water partition coefficient (Wildman–Crippen LogP) is 3.30. The molecule has 6 nitrogen and oxygen atoms in total. The fourth-order valence-electron chi connectivity index (χ4n) is 6.33. The Morgan fingerprint density at radius 1 is 0.970 bits per heavy atom. The fraction of sp³-hybridized carbons (Fsp3) is 0.370. The van der Waals surface area contributed by atoms with Gasteiger partial charge in [0.1, 0.15) is 11.8 Å². The van der Waals surface area contributed by atoms with Crippen molar-refractivity contribution in [2.75, 3.05) is 12.4 Å². The maximum atomic E-state index is 13.7. The normalized spacial score (nSPS) is 31.7. The zero-order valence-corrected chi connectivity index (χ0v) is 18.4. The van der Waals surface area contributed by atoms with Gasteiger partial charge >= 0.3 is 0 Å². The lowest BCUT2D eigenvalue weighted by atomic mass is 9.63. The van der Waals surface area contributed by atoms with Gasteiger partial charge in [-0.05, 0) is 59.9 Å². The van der Waals surface area contributed by atoms with Crippen LogP contribution in [0.25, 0.3) is 0 Å². The van der Waals surface area contributed by atoms with E-state index in [1.54, 1.807) is 31.4 Å². The minimum absolute atomic E-state index is 0.133. The van der Waals surface area contributed by atoms with Crippen LogP contribution in [0.3, 0.4) is 0 Å². The van der Waals surface area contributed by atoms with Crippen LogP contribution in [0.1, 0.15) is 12.0 Å². The molecule has 5 aliphatic rings. The van der Waals surface area contributed by atoms with Crippen LogP contribution in [0.4, 0.5) is 5.69 Å². The maximum absolute atomic E-state index is 13.7. The SMILES string of the molecule is COc1ccc(NC(=O)[C@H](Cc2ccccc2)N2C(=O)[C@@H]3[C@H]4C=C[C@@H]([C@@H]5C[C@H]45)[C@H]3C2=O)cc1. The molecule has 168 valence electrons. The summed E-state index contributed by atoms with van der Waals surface area (Å²) in [6, 6.07) is 15.7. The summed E-state index contributed by atoms with van der Waals surface area (Å²) < 4.78 is 5.19. The van der Waals surface area contributed by atoms with Crippen molar-refractivity contribution in [2.24, 2.45) is 35.5 Å². The van der Waals surface area contributed by atoms with Gasteiger partial charge in [0.25, 0.3) is 0 Å². The van der Waals surface area contributed by atoms with E-state index in [1.807, 2.05) is 30.3 Å². The molecule has 1 heterocycles. The molecule has 0 unspecified atom stereocenters. The van der Waals surface area contributed by atoms with E-state index in [4.69, 9.17) is 4.74 Å². The number of amides is 3. The first-order chi connectivity index (χ1) is 16.1. The summed E-state index contributed by atoms with van der Waals surface area (Å²) in [7, 11) is 1.58. The van der Waals surface area contributed by atoms with E-state index in [0.29, 0.717) is 23.3 Å². The molecule has 3 amide bonds. The van der Waals surface area contributed by atoms with E-state index in [9.17, 15) is 14.4 Å². The zero-order chi connectivity index (χ0) is 22.7. The lowest BCUT2D eigenvalue weighted by Gasteiger charge is -2.37. The number of nitrogens with one attached hydrogen (secondary N) is 1. The first kappa shape index (κ1) is 20.2. The van der Waals surface area contributed by atoms with Crippen LogP contribution in [0, 0.1) is 35.5 Å². The largest absolute Gasteiger partial charge is 0.497 e. The predicted molar refractivity (Wildman–Crippen MR) is 122 cm³/mol. The average Bonchev–Trinajstić information content (AvgIpc) is 3.62. The Morgan fingerprint density at radius 2 is 1.58 bits per heavy atom. The molecule has 2 saturated carbocycles. The van der Waals surface area contributed by atoms with Crippen molar-refractivity contribution in [2.45, 2.75) is 18.9 Å². The lowest BCUT2D eigenvalue weighted by Crippen LogP contribution is -2.49. The Bertz CT molecular complexity index is 1110. The van der Waals surface area contributed by atoms with Crippen molar-refractivity contribution in [1.29, 1.82) is 0 Å². The van der Waals surface area contributed by atoms with Crippen LogP contribution in [-0.2, 0) is 20.8 Å². The highest BCUT2D eigenvalue weighted by Gasteiger charge is 2.67. The first-order valence-electron chi connectivity index (χ1n) is 11.6. The van der Waals surface area contributed by atoms with Gasteiger partial charge in [0.15, 0.2) is 0 Å². The third-order valence-electron chi connectivity index (χ3n) is 7.94. The van der Waals surface area contributed by atoms with Crippen LogP contribution in [0.5, 0.6) is 5.75 Å². The molecule has 1 N–H and O–H groups in total. The summed E-state index contributed by atoms with van der Waals surface area (Å²) in [5.74, 6) is 0.658. The summed E-state index contributed by atoms with van der Waals surface area (Å²) in [5, 5.41) is 2.91. The molecule has 0 aromatic heterocycles. The molecule has 1 saturated heterocycles. The van der Waals surface area contributed by atoms with Crippen molar-refractivity contribution in [3.8, 4) is 5.75 Å². The second-order valence-corrected chi connectivity index (χ2v) is 9.62. The number of likely N-dealkylation sites (tertiary alicyclic amines) is 1. The monoisotopic (exact) mass is 442 g/mol. The summed E-state index contributed by atoms with van der Waals surface area (Å²) in [6.07, 6.45) is 5.70. The highest BCUT2D eigenvalue weighted by molar-refractivity contribution is 6.10. The lowest BCUT2D eigenvalue weighted by molar-refractivity contribution is -0.146. The molecule has 2 bridgehead atoms. The van der Waals surface area contributed by atoms with E-state index >= 15 is 0 Å².